The third-order valence-corrected chi connectivity index (χ3v) is 4.89. The molecule has 1 amide bonds. The van der Waals surface area contributed by atoms with Gasteiger partial charge in [-0.25, -0.2) is 0 Å². The van der Waals surface area contributed by atoms with Crippen LogP contribution >= 0.6 is 24.0 Å². The van der Waals surface area contributed by atoms with Crippen molar-refractivity contribution < 1.29 is 19.0 Å². The normalized spacial score (nSPS) is 15.2. The summed E-state index contributed by atoms with van der Waals surface area (Å²) >= 11 is 0. The highest BCUT2D eigenvalue weighted by molar-refractivity contribution is 14.0. The number of nitrogens with zero attached hydrogens (tertiary/aromatic N) is 2. The van der Waals surface area contributed by atoms with Crippen molar-refractivity contribution >= 4 is 47.2 Å². The summed E-state index contributed by atoms with van der Waals surface area (Å²) in [5.41, 5.74) is 1.69. The molecule has 2 N–H and O–H groups in total. The number of fused-ring (bicyclic) bond motifs is 2. The first-order chi connectivity index (χ1) is 14.7. The van der Waals surface area contributed by atoms with E-state index < -0.39 is 0 Å². The Labute approximate surface area is 199 Å². The Kier molecular flexibility index (Phi) is 8.21. The van der Waals surface area contributed by atoms with Crippen LogP contribution in [0.15, 0.2) is 47.5 Å². The Morgan fingerprint density at radius 2 is 1.87 bits per heavy atom. The number of nitrogens with one attached hydrogen (secondary N) is 2. The van der Waals surface area contributed by atoms with Crippen LogP contribution in [0.2, 0.25) is 0 Å². The maximum Gasteiger partial charge on any atom is 0.265 e. The Bertz CT molecular complexity index is 937. The second kappa shape index (κ2) is 11.1. The second-order valence-electron chi connectivity index (χ2n) is 6.99. The maximum atomic E-state index is 12.2. The van der Waals surface area contributed by atoms with Crippen LogP contribution in [0, 0.1) is 0 Å². The summed E-state index contributed by atoms with van der Waals surface area (Å²) < 4.78 is 16.9. The molecule has 0 atom stereocenters. The van der Waals surface area contributed by atoms with E-state index in [4.69, 9.17) is 14.2 Å². The molecule has 166 valence electrons. The number of hydrogen-bond donors (Lipinski definition) is 2. The number of carbonyl (C=O) groups is 1. The lowest BCUT2D eigenvalue weighted by Crippen LogP contribution is -2.41. The molecule has 2 aromatic rings. The average molecular weight is 538 g/mol. The van der Waals surface area contributed by atoms with Crippen molar-refractivity contribution in [2.45, 2.75) is 12.8 Å². The summed E-state index contributed by atoms with van der Waals surface area (Å²) in [6.45, 7) is 2.66. The summed E-state index contributed by atoms with van der Waals surface area (Å²) in [4.78, 5) is 18.3. The lowest BCUT2D eigenvalue weighted by atomic mass is 10.2. The number of ether oxygens (including phenoxy) is 3. The van der Waals surface area contributed by atoms with Crippen molar-refractivity contribution in [1.82, 2.24) is 5.32 Å². The molecule has 0 fully saturated rings. The quantitative estimate of drug-likeness (QED) is 0.263. The van der Waals surface area contributed by atoms with Crippen molar-refractivity contribution in [3.8, 4) is 17.2 Å². The molecule has 4 rings (SSSR count). The van der Waals surface area contributed by atoms with E-state index in [0.29, 0.717) is 32.3 Å². The maximum absolute atomic E-state index is 12.2. The van der Waals surface area contributed by atoms with E-state index in [1.807, 2.05) is 42.5 Å². The Morgan fingerprint density at radius 1 is 1.06 bits per heavy atom. The van der Waals surface area contributed by atoms with Crippen LogP contribution in [0.3, 0.4) is 0 Å². The molecule has 2 aliphatic heterocycles. The lowest BCUT2D eigenvalue weighted by molar-refractivity contribution is -0.121. The fourth-order valence-corrected chi connectivity index (χ4v) is 3.40. The zero-order valence-corrected chi connectivity index (χ0v) is 19.8. The number of halogens is 1. The van der Waals surface area contributed by atoms with Crippen LogP contribution in [0.4, 0.5) is 11.4 Å². The molecule has 0 saturated carbocycles. The molecule has 0 aliphatic carbocycles. The summed E-state index contributed by atoms with van der Waals surface area (Å²) in [5.74, 6) is 2.87. The van der Waals surface area contributed by atoms with Gasteiger partial charge < -0.3 is 29.7 Å². The van der Waals surface area contributed by atoms with Gasteiger partial charge in [-0.3, -0.25) is 9.79 Å². The molecule has 0 saturated heterocycles. The van der Waals surface area contributed by atoms with Gasteiger partial charge in [-0.1, -0.05) is 12.1 Å². The molecular formula is C22H27IN4O4. The van der Waals surface area contributed by atoms with Gasteiger partial charge in [0.2, 0.25) is 0 Å². The number of para-hydroxylation sites is 2. The van der Waals surface area contributed by atoms with Gasteiger partial charge in [0.25, 0.3) is 5.91 Å². The summed E-state index contributed by atoms with van der Waals surface area (Å²) in [6.07, 6.45) is 1.64. The van der Waals surface area contributed by atoms with Crippen LogP contribution < -0.4 is 29.7 Å². The van der Waals surface area contributed by atoms with E-state index in [0.717, 1.165) is 41.5 Å². The van der Waals surface area contributed by atoms with Crippen LogP contribution in [0.5, 0.6) is 17.2 Å². The zero-order valence-electron chi connectivity index (χ0n) is 17.4. The molecule has 2 aliphatic rings. The highest BCUT2D eigenvalue weighted by atomic mass is 127. The number of benzene rings is 2. The molecule has 2 aromatic carbocycles. The standard InChI is InChI=1S/C22H26N4O4.HI/c1-23-22(25-16-8-9-19-20(14-16)29-13-5-12-28-19)24-10-4-11-26-17-6-2-3-7-18(17)30-15-21(26)27;/h2-3,6-9,14H,4-5,10-13,15H2,1H3,(H2,23,24,25);1H. The summed E-state index contributed by atoms with van der Waals surface area (Å²) in [5, 5.41) is 6.55. The van der Waals surface area contributed by atoms with Crippen LogP contribution in [0.25, 0.3) is 0 Å². The predicted molar refractivity (Wildman–Crippen MR) is 131 cm³/mol. The van der Waals surface area contributed by atoms with Gasteiger partial charge in [0.1, 0.15) is 5.75 Å². The number of hydrogen-bond acceptors (Lipinski definition) is 5. The Morgan fingerprint density at radius 3 is 2.71 bits per heavy atom. The zero-order chi connectivity index (χ0) is 20.8. The number of anilines is 2. The van der Waals surface area contributed by atoms with E-state index in [1.54, 1.807) is 11.9 Å². The number of rotatable bonds is 5. The SMILES string of the molecule is CN=C(NCCCN1C(=O)COc2ccccc21)Nc1ccc2c(c1)OCCCO2.I. The minimum atomic E-state index is -0.0246. The first-order valence-electron chi connectivity index (χ1n) is 10.1. The first kappa shape index (κ1) is 23.0. The minimum Gasteiger partial charge on any atom is -0.490 e. The fraction of sp³-hybridized carbons (Fsp3) is 0.364. The third-order valence-electron chi connectivity index (χ3n) is 4.89. The molecule has 9 heteroatoms. The third kappa shape index (κ3) is 5.72. The minimum absolute atomic E-state index is 0. The van der Waals surface area contributed by atoms with Crippen molar-refractivity contribution in [1.29, 1.82) is 0 Å². The molecule has 0 bridgehead atoms. The highest BCUT2D eigenvalue weighted by Crippen LogP contribution is 2.32. The molecule has 0 spiro atoms. The monoisotopic (exact) mass is 538 g/mol. The first-order valence-corrected chi connectivity index (χ1v) is 10.1. The summed E-state index contributed by atoms with van der Waals surface area (Å²) in [6, 6.07) is 13.4. The number of guanidine groups is 1. The van der Waals surface area contributed by atoms with Crippen LogP contribution in [-0.2, 0) is 4.79 Å². The van der Waals surface area contributed by atoms with Crippen molar-refractivity contribution in [2.75, 3.05) is 50.2 Å². The topological polar surface area (TPSA) is 84.4 Å². The van der Waals surface area contributed by atoms with Gasteiger partial charge in [-0.15, -0.1) is 24.0 Å². The second-order valence-corrected chi connectivity index (χ2v) is 6.99. The van der Waals surface area contributed by atoms with Gasteiger partial charge in [0.05, 0.1) is 18.9 Å². The van der Waals surface area contributed by atoms with Crippen molar-refractivity contribution in [3.05, 3.63) is 42.5 Å². The highest BCUT2D eigenvalue weighted by Gasteiger charge is 2.24. The molecule has 0 radical (unpaired) electrons. The van der Waals surface area contributed by atoms with Gasteiger partial charge >= 0.3 is 0 Å². The molecule has 8 nitrogen and oxygen atoms in total. The molecule has 0 unspecified atom stereocenters. The average Bonchev–Trinajstić information content (AvgIpc) is 3.02. The van der Waals surface area contributed by atoms with Gasteiger partial charge in [0.15, 0.2) is 24.1 Å². The van der Waals surface area contributed by atoms with Crippen molar-refractivity contribution in [3.63, 3.8) is 0 Å². The number of aliphatic imine (C=N–C) groups is 1. The molecule has 0 aromatic heterocycles. The van der Waals surface area contributed by atoms with Crippen molar-refractivity contribution in [2.24, 2.45) is 4.99 Å². The molecular weight excluding hydrogens is 511 g/mol. The summed E-state index contributed by atoms with van der Waals surface area (Å²) in [7, 11) is 1.72. The largest absolute Gasteiger partial charge is 0.490 e. The van der Waals surface area contributed by atoms with Gasteiger partial charge in [0, 0.05) is 38.3 Å². The van der Waals surface area contributed by atoms with Gasteiger partial charge in [-0.05, 0) is 30.7 Å². The lowest BCUT2D eigenvalue weighted by Gasteiger charge is -2.29. The van der Waals surface area contributed by atoms with E-state index in [-0.39, 0.29) is 36.5 Å². The van der Waals surface area contributed by atoms with E-state index in [9.17, 15) is 4.79 Å². The fourth-order valence-electron chi connectivity index (χ4n) is 3.40. The van der Waals surface area contributed by atoms with E-state index >= 15 is 0 Å². The predicted octanol–water partition coefficient (Wildman–Crippen LogP) is 3.27. The van der Waals surface area contributed by atoms with E-state index in [2.05, 4.69) is 15.6 Å². The Balaban J connectivity index is 0.00000272. The molecule has 2 heterocycles. The number of carbonyl (C=O) groups excluding carboxylic acids is 1. The van der Waals surface area contributed by atoms with Gasteiger partial charge in [-0.2, -0.15) is 0 Å². The molecule has 31 heavy (non-hydrogen) atoms. The number of amides is 1. The smallest absolute Gasteiger partial charge is 0.265 e. The van der Waals surface area contributed by atoms with Crippen LogP contribution in [0.1, 0.15) is 12.8 Å². The van der Waals surface area contributed by atoms with Crippen LogP contribution in [-0.4, -0.2) is 51.8 Å². The van der Waals surface area contributed by atoms with E-state index in [1.165, 1.54) is 0 Å². The Hall–Kier alpha value is -2.69.